The summed E-state index contributed by atoms with van der Waals surface area (Å²) in [5, 5.41) is 20.4. The molecule has 1 atom stereocenters. The van der Waals surface area contributed by atoms with Gasteiger partial charge in [-0.1, -0.05) is 13.0 Å². The number of carbonyl (C=O) groups is 1. The highest BCUT2D eigenvalue weighted by molar-refractivity contribution is 5.92. The molecule has 0 aliphatic carbocycles. The first-order valence-corrected chi connectivity index (χ1v) is 6.51. The predicted octanol–water partition coefficient (Wildman–Crippen LogP) is 1.98. The van der Waals surface area contributed by atoms with E-state index in [4.69, 9.17) is 10.5 Å². The van der Waals surface area contributed by atoms with E-state index in [0.717, 1.165) is 0 Å². The third kappa shape index (κ3) is 5.09. The van der Waals surface area contributed by atoms with Crippen LogP contribution < -0.4 is 5.32 Å². The van der Waals surface area contributed by atoms with Crippen LogP contribution in [0.2, 0.25) is 0 Å². The maximum atomic E-state index is 11.9. The number of amides is 1. The van der Waals surface area contributed by atoms with Gasteiger partial charge in [0.15, 0.2) is 0 Å². The van der Waals surface area contributed by atoms with Gasteiger partial charge in [-0.25, -0.2) is 0 Å². The fourth-order valence-corrected chi connectivity index (χ4v) is 1.80. The first-order valence-electron chi connectivity index (χ1n) is 6.51. The summed E-state index contributed by atoms with van der Waals surface area (Å²) in [5.74, 6) is -0.253. The van der Waals surface area contributed by atoms with Crippen LogP contribution in [0.3, 0.4) is 0 Å². The molecule has 0 bridgehead atoms. The molecule has 20 heavy (non-hydrogen) atoms. The Hall–Kier alpha value is -2.37. The van der Waals surface area contributed by atoms with Gasteiger partial charge in [0.25, 0.3) is 0 Å². The van der Waals surface area contributed by atoms with E-state index in [-0.39, 0.29) is 18.4 Å². The molecule has 0 aliphatic rings. The summed E-state index contributed by atoms with van der Waals surface area (Å²) in [5.41, 5.74) is 1.12. The fraction of sp³-hybridized carbons (Fsp3) is 0.400. The number of rotatable bonds is 6. The van der Waals surface area contributed by atoms with E-state index in [1.165, 1.54) is 0 Å². The molecule has 0 aromatic heterocycles. The van der Waals surface area contributed by atoms with Crippen molar-refractivity contribution in [2.24, 2.45) is 5.92 Å². The van der Waals surface area contributed by atoms with Crippen LogP contribution in [0, 0.1) is 28.6 Å². The van der Waals surface area contributed by atoms with Gasteiger partial charge in [0.2, 0.25) is 5.91 Å². The van der Waals surface area contributed by atoms with Crippen molar-refractivity contribution in [3.63, 3.8) is 0 Å². The van der Waals surface area contributed by atoms with Crippen LogP contribution in [0.5, 0.6) is 0 Å². The Balaban J connectivity index is 2.58. The van der Waals surface area contributed by atoms with Gasteiger partial charge in [0.05, 0.1) is 30.2 Å². The van der Waals surface area contributed by atoms with Crippen LogP contribution >= 0.6 is 0 Å². The Labute approximate surface area is 119 Å². The molecule has 1 aromatic rings. The van der Waals surface area contributed by atoms with Crippen LogP contribution in [0.4, 0.5) is 5.69 Å². The van der Waals surface area contributed by atoms with E-state index in [0.29, 0.717) is 24.3 Å². The van der Waals surface area contributed by atoms with Gasteiger partial charge in [-0.15, -0.1) is 0 Å². The SMILES string of the molecule is CCN(CC(=O)Nc1cccc(C#N)c1)CC(C)C#N. The zero-order valence-corrected chi connectivity index (χ0v) is 11.8. The summed E-state index contributed by atoms with van der Waals surface area (Å²) in [6.45, 7) is 5.29. The van der Waals surface area contributed by atoms with Gasteiger partial charge in [0.1, 0.15) is 0 Å². The molecule has 1 amide bonds. The Bertz CT molecular complexity index is 542. The minimum absolute atomic E-state index is 0.107. The number of nitriles is 2. The molecule has 1 N–H and O–H groups in total. The van der Waals surface area contributed by atoms with Crippen molar-refractivity contribution in [3.8, 4) is 12.1 Å². The van der Waals surface area contributed by atoms with Gasteiger partial charge >= 0.3 is 0 Å². The summed E-state index contributed by atoms with van der Waals surface area (Å²) in [7, 11) is 0. The van der Waals surface area contributed by atoms with Crippen molar-refractivity contribution in [2.45, 2.75) is 13.8 Å². The molecule has 5 nitrogen and oxygen atoms in total. The lowest BCUT2D eigenvalue weighted by atomic mass is 10.2. The molecule has 0 spiro atoms. The highest BCUT2D eigenvalue weighted by Gasteiger charge is 2.12. The van der Waals surface area contributed by atoms with E-state index >= 15 is 0 Å². The minimum atomic E-state index is -0.146. The predicted molar refractivity (Wildman–Crippen MR) is 76.7 cm³/mol. The van der Waals surface area contributed by atoms with Gasteiger partial charge in [-0.05, 0) is 31.7 Å². The van der Waals surface area contributed by atoms with E-state index < -0.39 is 0 Å². The number of anilines is 1. The van der Waals surface area contributed by atoms with Crippen LogP contribution in [0.25, 0.3) is 0 Å². The van der Waals surface area contributed by atoms with Crippen molar-refractivity contribution in [1.82, 2.24) is 4.90 Å². The second kappa shape index (κ2) is 7.93. The lowest BCUT2D eigenvalue weighted by molar-refractivity contribution is -0.117. The third-order valence-corrected chi connectivity index (χ3v) is 2.84. The number of likely N-dealkylation sites (N-methyl/N-ethyl adjacent to an activating group) is 1. The summed E-state index contributed by atoms with van der Waals surface area (Å²) >= 11 is 0. The topological polar surface area (TPSA) is 79.9 Å². The maximum absolute atomic E-state index is 11.9. The van der Waals surface area contributed by atoms with E-state index in [1.54, 1.807) is 24.3 Å². The largest absolute Gasteiger partial charge is 0.325 e. The van der Waals surface area contributed by atoms with Crippen molar-refractivity contribution in [3.05, 3.63) is 29.8 Å². The van der Waals surface area contributed by atoms with Gasteiger partial charge in [-0.2, -0.15) is 10.5 Å². The molecule has 5 heteroatoms. The molecule has 0 saturated carbocycles. The molecule has 0 heterocycles. The molecule has 104 valence electrons. The standard InChI is InChI=1S/C15H18N4O/c1-3-19(10-12(2)8-16)11-15(20)18-14-6-4-5-13(7-14)9-17/h4-7,12H,3,10-11H2,1-2H3,(H,18,20). The van der Waals surface area contributed by atoms with Crippen molar-refractivity contribution >= 4 is 11.6 Å². The maximum Gasteiger partial charge on any atom is 0.238 e. The minimum Gasteiger partial charge on any atom is -0.325 e. The third-order valence-electron chi connectivity index (χ3n) is 2.84. The molecule has 1 unspecified atom stereocenters. The smallest absolute Gasteiger partial charge is 0.238 e. The zero-order valence-electron chi connectivity index (χ0n) is 11.8. The molecular formula is C15H18N4O. The molecule has 1 rings (SSSR count). The lowest BCUT2D eigenvalue weighted by Gasteiger charge is -2.20. The lowest BCUT2D eigenvalue weighted by Crippen LogP contribution is -2.35. The average molecular weight is 270 g/mol. The average Bonchev–Trinajstić information content (AvgIpc) is 2.46. The van der Waals surface area contributed by atoms with Gasteiger partial charge in [-0.3, -0.25) is 9.69 Å². The Kier molecular flexibility index (Phi) is 6.22. The summed E-state index contributed by atoms with van der Waals surface area (Å²) < 4.78 is 0. The fourth-order valence-electron chi connectivity index (χ4n) is 1.80. The van der Waals surface area contributed by atoms with Gasteiger partial charge in [0, 0.05) is 12.2 Å². The summed E-state index contributed by atoms with van der Waals surface area (Å²) in [4.78, 5) is 13.8. The Morgan fingerprint density at radius 3 is 2.80 bits per heavy atom. The first kappa shape index (κ1) is 15.7. The van der Waals surface area contributed by atoms with E-state index in [2.05, 4.69) is 11.4 Å². The highest BCUT2D eigenvalue weighted by Crippen LogP contribution is 2.09. The van der Waals surface area contributed by atoms with Crippen LogP contribution in [0.1, 0.15) is 19.4 Å². The molecule has 1 aromatic carbocycles. The number of benzene rings is 1. The quantitative estimate of drug-likeness (QED) is 0.857. The summed E-state index contributed by atoms with van der Waals surface area (Å²) in [6, 6.07) is 11.0. The number of carbonyl (C=O) groups excluding carboxylic acids is 1. The Morgan fingerprint density at radius 1 is 1.45 bits per heavy atom. The number of hydrogen-bond acceptors (Lipinski definition) is 4. The second-order valence-corrected chi connectivity index (χ2v) is 4.60. The normalized spacial score (nSPS) is 11.4. The first-order chi connectivity index (χ1) is 9.58. The monoisotopic (exact) mass is 270 g/mol. The van der Waals surface area contributed by atoms with Crippen molar-refractivity contribution in [1.29, 1.82) is 10.5 Å². The highest BCUT2D eigenvalue weighted by atomic mass is 16.2. The van der Waals surface area contributed by atoms with Gasteiger partial charge < -0.3 is 5.32 Å². The molecule has 0 saturated heterocycles. The molecule has 0 radical (unpaired) electrons. The van der Waals surface area contributed by atoms with Crippen molar-refractivity contribution < 1.29 is 4.79 Å². The van der Waals surface area contributed by atoms with Crippen molar-refractivity contribution in [2.75, 3.05) is 25.0 Å². The van der Waals surface area contributed by atoms with E-state index in [9.17, 15) is 4.79 Å². The Morgan fingerprint density at radius 2 is 2.20 bits per heavy atom. The van der Waals surface area contributed by atoms with Crippen LogP contribution in [-0.4, -0.2) is 30.4 Å². The number of nitrogens with one attached hydrogen (secondary N) is 1. The second-order valence-electron chi connectivity index (χ2n) is 4.60. The molecular weight excluding hydrogens is 252 g/mol. The molecule has 0 aliphatic heterocycles. The van der Waals surface area contributed by atoms with Crippen LogP contribution in [-0.2, 0) is 4.79 Å². The summed E-state index contributed by atoms with van der Waals surface area (Å²) in [6.07, 6.45) is 0. The van der Waals surface area contributed by atoms with E-state index in [1.807, 2.05) is 24.8 Å². The molecule has 0 fully saturated rings. The van der Waals surface area contributed by atoms with Crippen LogP contribution in [0.15, 0.2) is 24.3 Å². The number of hydrogen-bond donors (Lipinski definition) is 1. The zero-order chi connectivity index (χ0) is 15.0. The number of nitrogens with zero attached hydrogens (tertiary/aromatic N) is 3.